The number of ether oxygens (including phenoxy) is 3. The van der Waals surface area contributed by atoms with Gasteiger partial charge in [0.05, 0.1) is 19.2 Å². The predicted molar refractivity (Wildman–Crippen MR) is 135 cm³/mol. The molecule has 0 aliphatic rings. The Labute approximate surface area is 204 Å². The molecule has 0 saturated heterocycles. The second-order valence-corrected chi connectivity index (χ2v) is 8.34. The Hall–Kier alpha value is -3.64. The molecule has 0 aliphatic carbocycles. The van der Waals surface area contributed by atoms with Crippen LogP contribution in [0.15, 0.2) is 60.7 Å². The number of phenolic OH excluding ortho intramolecular Hbond substituents is 1. The van der Waals surface area contributed by atoms with Crippen molar-refractivity contribution in [2.45, 2.75) is 26.4 Å². The van der Waals surface area contributed by atoms with Crippen LogP contribution in [0.1, 0.15) is 36.5 Å². The fourth-order valence-electron chi connectivity index (χ4n) is 3.23. The molecular weight excluding hydrogens is 454 g/mol. The Morgan fingerprint density at radius 1 is 1.03 bits per heavy atom. The number of carbonyl (C=O) groups excluding carboxylic acids is 1. The lowest BCUT2D eigenvalue weighted by molar-refractivity contribution is -0.111. The molecule has 1 amide bonds. The molecule has 0 atom stereocenters. The summed E-state index contributed by atoms with van der Waals surface area (Å²) in [5.74, 6) is 1.52. The summed E-state index contributed by atoms with van der Waals surface area (Å²) in [6.07, 6.45) is 3.02. The molecule has 0 radical (unpaired) electrons. The number of methoxy groups -OCH3 is 2. The molecule has 0 unspecified atom stereocenters. The number of amides is 1. The average Bonchev–Trinajstić information content (AvgIpc) is 2.83. The lowest BCUT2D eigenvalue weighted by Gasteiger charge is -2.16. The van der Waals surface area contributed by atoms with Crippen LogP contribution in [-0.4, -0.2) is 25.2 Å². The molecule has 178 valence electrons. The van der Waals surface area contributed by atoms with E-state index < -0.39 is 0 Å². The molecule has 0 bridgehead atoms. The van der Waals surface area contributed by atoms with Gasteiger partial charge in [-0.3, -0.25) is 4.79 Å². The number of benzene rings is 3. The first-order chi connectivity index (χ1) is 16.3. The van der Waals surface area contributed by atoms with Crippen LogP contribution in [0.4, 0.5) is 5.69 Å². The molecule has 0 fully saturated rings. The van der Waals surface area contributed by atoms with Crippen molar-refractivity contribution in [3.8, 4) is 23.0 Å². The molecule has 7 heteroatoms. The number of hydrogen-bond donors (Lipinski definition) is 2. The summed E-state index contributed by atoms with van der Waals surface area (Å²) in [7, 11) is 3.10. The lowest BCUT2D eigenvalue weighted by Crippen LogP contribution is -2.07. The minimum Gasteiger partial charge on any atom is -0.506 e. The maximum absolute atomic E-state index is 12.3. The first-order valence-corrected chi connectivity index (χ1v) is 11.1. The zero-order valence-electron chi connectivity index (χ0n) is 19.6. The summed E-state index contributed by atoms with van der Waals surface area (Å²) in [6, 6.07) is 16.3. The van der Waals surface area contributed by atoms with Crippen LogP contribution >= 0.6 is 11.6 Å². The third-order valence-corrected chi connectivity index (χ3v) is 5.46. The van der Waals surface area contributed by atoms with E-state index in [9.17, 15) is 9.90 Å². The zero-order chi connectivity index (χ0) is 24.7. The molecule has 6 nitrogen and oxygen atoms in total. The van der Waals surface area contributed by atoms with Gasteiger partial charge in [-0.2, -0.15) is 0 Å². The minimum absolute atomic E-state index is 0.0516. The zero-order valence-corrected chi connectivity index (χ0v) is 20.3. The predicted octanol–water partition coefficient (Wildman–Crippen LogP) is 6.42. The van der Waals surface area contributed by atoms with Crippen LogP contribution in [0.25, 0.3) is 6.08 Å². The van der Waals surface area contributed by atoms with E-state index in [0.29, 0.717) is 41.0 Å². The molecule has 3 aromatic rings. The van der Waals surface area contributed by atoms with Gasteiger partial charge >= 0.3 is 0 Å². The van der Waals surface area contributed by atoms with Crippen LogP contribution in [0.2, 0.25) is 5.02 Å². The van der Waals surface area contributed by atoms with Gasteiger partial charge in [0.1, 0.15) is 12.4 Å². The summed E-state index contributed by atoms with van der Waals surface area (Å²) in [6.45, 7) is 4.67. The van der Waals surface area contributed by atoms with Crippen LogP contribution in [0.3, 0.4) is 0 Å². The van der Waals surface area contributed by atoms with E-state index in [4.69, 9.17) is 25.8 Å². The van der Waals surface area contributed by atoms with Crippen molar-refractivity contribution in [3.63, 3.8) is 0 Å². The summed E-state index contributed by atoms with van der Waals surface area (Å²) in [5, 5.41) is 12.3. The highest BCUT2D eigenvalue weighted by atomic mass is 35.5. The standard InChI is InChI=1S/C27H28ClNO5/c1-17(2)20-8-5-18(6-9-20)16-34-27-24(32-3)13-19(14-25(27)33-4)7-12-26(31)29-21-10-11-23(30)22(28)15-21/h5-15,17,30H,16H2,1-4H3,(H,29,31)/b12-7+. The van der Waals surface area contributed by atoms with Gasteiger partial charge in [-0.15, -0.1) is 0 Å². The van der Waals surface area contributed by atoms with Crippen molar-refractivity contribution in [1.29, 1.82) is 0 Å². The van der Waals surface area contributed by atoms with E-state index in [1.165, 1.54) is 23.8 Å². The fraction of sp³-hybridized carbons (Fsp3) is 0.222. The van der Waals surface area contributed by atoms with E-state index in [2.05, 4.69) is 31.3 Å². The summed E-state index contributed by atoms with van der Waals surface area (Å²) in [4.78, 5) is 12.3. The molecule has 0 spiro atoms. The number of rotatable bonds is 9. The number of hydrogen-bond acceptors (Lipinski definition) is 5. The second kappa shape index (κ2) is 11.5. The summed E-state index contributed by atoms with van der Waals surface area (Å²) in [5.41, 5.74) is 3.47. The van der Waals surface area contributed by atoms with Gasteiger partial charge in [0.25, 0.3) is 0 Å². The van der Waals surface area contributed by atoms with Gasteiger partial charge in [0, 0.05) is 11.8 Å². The Balaban J connectivity index is 1.73. The number of halogens is 1. The SMILES string of the molecule is COc1cc(/C=C/C(=O)Nc2ccc(O)c(Cl)c2)cc(OC)c1OCc1ccc(C(C)C)cc1. The average molecular weight is 482 g/mol. The highest BCUT2D eigenvalue weighted by Gasteiger charge is 2.14. The first-order valence-electron chi connectivity index (χ1n) is 10.8. The molecule has 0 heterocycles. The topological polar surface area (TPSA) is 77.0 Å². The third kappa shape index (κ3) is 6.45. The minimum atomic E-state index is -0.357. The molecule has 0 aliphatic heterocycles. The van der Waals surface area contributed by atoms with E-state index >= 15 is 0 Å². The van der Waals surface area contributed by atoms with Gasteiger partial charge < -0.3 is 24.6 Å². The van der Waals surface area contributed by atoms with Crippen LogP contribution in [0.5, 0.6) is 23.0 Å². The summed E-state index contributed by atoms with van der Waals surface area (Å²) >= 11 is 5.88. The number of nitrogens with one attached hydrogen (secondary N) is 1. The second-order valence-electron chi connectivity index (χ2n) is 7.93. The van der Waals surface area contributed by atoms with Crippen molar-refractivity contribution in [1.82, 2.24) is 0 Å². The van der Waals surface area contributed by atoms with Crippen molar-refractivity contribution in [2.75, 3.05) is 19.5 Å². The normalized spacial score (nSPS) is 11.0. The fourth-order valence-corrected chi connectivity index (χ4v) is 3.41. The van der Waals surface area contributed by atoms with Crippen molar-refractivity contribution in [3.05, 3.63) is 82.4 Å². The van der Waals surface area contributed by atoms with Crippen LogP contribution in [0, 0.1) is 0 Å². The maximum Gasteiger partial charge on any atom is 0.248 e. The van der Waals surface area contributed by atoms with Crippen molar-refractivity contribution in [2.24, 2.45) is 0 Å². The van der Waals surface area contributed by atoms with Crippen molar-refractivity contribution < 1.29 is 24.1 Å². The smallest absolute Gasteiger partial charge is 0.248 e. The molecule has 34 heavy (non-hydrogen) atoms. The van der Waals surface area contributed by atoms with E-state index in [1.807, 2.05) is 12.1 Å². The van der Waals surface area contributed by atoms with E-state index in [-0.39, 0.29) is 16.7 Å². The number of anilines is 1. The first kappa shape index (κ1) is 25.0. The number of carbonyl (C=O) groups is 1. The quantitative estimate of drug-likeness (QED) is 0.272. The highest BCUT2D eigenvalue weighted by Crippen LogP contribution is 2.39. The van der Waals surface area contributed by atoms with Crippen LogP contribution in [-0.2, 0) is 11.4 Å². The van der Waals surface area contributed by atoms with Crippen LogP contribution < -0.4 is 19.5 Å². The van der Waals surface area contributed by atoms with Crippen molar-refractivity contribution >= 4 is 29.3 Å². The van der Waals surface area contributed by atoms with Gasteiger partial charge in [-0.1, -0.05) is 49.7 Å². The maximum atomic E-state index is 12.3. The summed E-state index contributed by atoms with van der Waals surface area (Å²) < 4.78 is 17.1. The highest BCUT2D eigenvalue weighted by molar-refractivity contribution is 6.32. The Kier molecular flexibility index (Phi) is 8.44. The van der Waals surface area contributed by atoms with Gasteiger partial charge in [-0.05, 0) is 59.0 Å². The molecule has 0 saturated carbocycles. The third-order valence-electron chi connectivity index (χ3n) is 5.15. The molecule has 0 aromatic heterocycles. The Morgan fingerprint density at radius 2 is 1.68 bits per heavy atom. The lowest BCUT2D eigenvalue weighted by atomic mass is 10.0. The number of phenols is 1. The van der Waals surface area contributed by atoms with E-state index in [0.717, 1.165) is 5.56 Å². The van der Waals surface area contributed by atoms with Gasteiger partial charge in [0.2, 0.25) is 11.7 Å². The van der Waals surface area contributed by atoms with E-state index in [1.54, 1.807) is 38.5 Å². The largest absolute Gasteiger partial charge is 0.506 e. The number of aromatic hydroxyl groups is 1. The Bertz CT molecular complexity index is 1150. The monoisotopic (exact) mass is 481 g/mol. The van der Waals surface area contributed by atoms with Gasteiger partial charge in [-0.25, -0.2) is 0 Å². The molecular formula is C27H28ClNO5. The molecule has 3 rings (SSSR count). The van der Waals surface area contributed by atoms with Gasteiger partial charge in [0.15, 0.2) is 11.5 Å². The molecule has 3 aromatic carbocycles. The molecule has 2 N–H and O–H groups in total. The Morgan fingerprint density at radius 3 is 2.24 bits per heavy atom.